The van der Waals surface area contributed by atoms with E-state index >= 15 is 0 Å². The van der Waals surface area contributed by atoms with Crippen molar-refractivity contribution in [3.05, 3.63) is 53.6 Å². The fourth-order valence-corrected chi connectivity index (χ4v) is 3.13. The van der Waals surface area contributed by atoms with Gasteiger partial charge in [0.25, 0.3) is 11.8 Å². The monoisotopic (exact) mass is 306 g/mol. The van der Waals surface area contributed by atoms with Crippen LogP contribution in [0.5, 0.6) is 5.75 Å². The van der Waals surface area contributed by atoms with E-state index in [1.54, 1.807) is 31.2 Å². The van der Waals surface area contributed by atoms with E-state index in [9.17, 15) is 9.59 Å². The number of hydrogen-bond donors (Lipinski definition) is 1. The number of fused-ring (bicyclic) bond motifs is 2. The number of nitrogens with zero attached hydrogens (tertiary/aromatic N) is 1. The molecule has 4 rings (SSSR count). The van der Waals surface area contributed by atoms with Crippen molar-refractivity contribution in [1.82, 2.24) is 0 Å². The molecule has 0 saturated carbocycles. The highest BCUT2D eigenvalue weighted by molar-refractivity contribution is 6.49. The predicted molar refractivity (Wildman–Crippen MR) is 88.3 cm³/mol. The molecule has 0 bridgehead atoms. The Morgan fingerprint density at radius 3 is 2.57 bits per heavy atom. The van der Waals surface area contributed by atoms with Crippen LogP contribution in [0, 0.1) is 0 Å². The largest absolute Gasteiger partial charge is 0.497 e. The Bertz CT molecular complexity index is 899. The molecule has 2 aliphatic rings. The van der Waals surface area contributed by atoms with Gasteiger partial charge in [-0.05, 0) is 24.3 Å². The number of benzene rings is 2. The zero-order chi connectivity index (χ0) is 16.1. The van der Waals surface area contributed by atoms with Crippen LogP contribution in [0.25, 0.3) is 11.1 Å². The third kappa shape index (κ3) is 1.80. The van der Waals surface area contributed by atoms with Crippen LogP contribution in [0.3, 0.4) is 0 Å². The van der Waals surface area contributed by atoms with E-state index < -0.39 is 0 Å². The summed E-state index contributed by atoms with van der Waals surface area (Å²) < 4.78 is 5.26. The van der Waals surface area contributed by atoms with Crippen LogP contribution < -0.4 is 15.0 Å². The molecule has 23 heavy (non-hydrogen) atoms. The summed E-state index contributed by atoms with van der Waals surface area (Å²) in [6.07, 6.45) is 0. The summed E-state index contributed by atoms with van der Waals surface area (Å²) in [5, 5.41) is 2.82. The van der Waals surface area contributed by atoms with Gasteiger partial charge in [-0.2, -0.15) is 0 Å². The summed E-state index contributed by atoms with van der Waals surface area (Å²) in [5.41, 5.74) is 3.82. The highest BCUT2D eigenvalue weighted by Crippen LogP contribution is 2.44. The van der Waals surface area contributed by atoms with E-state index in [0.29, 0.717) is 16.9 Å². The van der Waals surface area contributed by atoms with Crippen molar-refractivity contribution < 1.29 is 14.3 Å². The smallest absolute Gasteiger partial charge is 0.259 e. The zero-order valence-electron chi connectivity index (χ0n) is 12.7. The summed E-state index contributed by atoms with van der Waals surface area (Å²) >= 11 is 0. The van der Waals surface area contributed by atoms with Gasteiger partial charge in [0.2, 0.25) is 0 Å². The Morgan fingerprint density at radius 1 is 1.00 bits per heavy atom. The van der Waals surface area contributed by atoms with Crippen LogP contribution in [0.15, 0.2) is 42.5 Å². The van der Waals surface area contributed by atoms with Gasteiger partial charge >= 0.3 is 0 Å². The minimum Gasteiger partial charge on any atom is -0.497 e. The maximum Gasteiger partial charge on any atom is 0.259 e. The number of hydrogen-bond acceptors (Lipinski definition) is 3. The van der Waals surface area contributed by atoms with Gasteiger partial charge in [-0.3, -0.25) is 9.59 Å². The van der Waals surface area contributed by atoms with Gasteiger partial charge < -0.3 is 15.0 Å². The molecule has 0 saturated heterocycles. The number of amides is 2. The molecule has 0 radical (unpaired) electrons. The van der Waals surface area contributed by atoms with Gasteiger partial charge in [-0.25, -0.2) is 0 Å². The number of nitrogens with one attached hydrogen (secondary N) is 1. The second kappa shape index (κ2) is 4.71. The Morgan fingerprint density at radius 2 is 1.78 bits per heavy atom. The topological polar surface area (TPSA) is 58.6 Å². The highest BCUT2D eigenvalue weighted by Gasteiger charge is 2.37. The van der Waals surface area contributed by atoms with Crippen molar-refractivity contribution >= 4 is 34.3 Å². The van der Waals surface area contributed by atoms with Crippen LogP contribution in [0.1, 0.15) is 11.1 Å². The molecule has 1 N–H and O–H groups in total. The third-order valence-corrected chi connectivity index (χ3v) is 4.27. The minimum atomic E-state index is -0.251. The Balaban J connectivity index is 2.04. The average molecular weight is 306 g/mol. The zero-order valence-corrected chi connectivity index (χ0v) is 12.7. The van der Waals surface area contributed by atoms with E-state index in [4.69, 9.17) is 4.74 Å². The second-order valence-electron chi connectivity index (χ2n) is 5.50. The van der Waals surface area contributed by atoms with Gasteiger partial charge in [-0.1, -0.05) is 18.2 Å². The van der Waals surface area contributed by atoms with Crippen molar-refractivity contribution in [3.8, 4) is 5.75 Å². The van der Waals surface area contributed by atoms with Gasteiger partial charge in [0, 0.05) is 23.9 Å². The standard InChI is InChI=1S/C18H14N2O3/c1-20-14-8-7-10(23-2)9-12(14)16(18(20)22)15-11-5-3-4-6-13(11)19-17(15)21/h3-9H,1-2H3,(H,19,21)/b16-15+. The van der Waals surface area contributed by atoms with Gasteiger partial charge in [0.05, 0.1) is 23.9 Å². The third-order valence-electron chi connectivity index (χ3n) is 4.27. The van der Waals surface area contributed by atoms with Crippen molar-refractivity contribution in [2.75, 3.05) is 24.4 Å². The van der Waals surface area contributed by atoms with E-state index in [0.717, 1.165) is 22.5 Å². The number of anilines is 2. The quantitative estimate of drug-likeness (QED) is 0.824. The summed E-state index contributed by atoms with van der Waals surface area (Å²) in [7, 11) is 3.28. The number of carbonyl (C=O) groups is 2. The first-order valence-corrected chi connectivity index (χ1v) is 7.23. The van der Waals surface area contributed by atoms with E-state index in [1.165, 1.54) is 0 Å². The molecule has 2 aromatic rings. The van der Waals surface area contributed by atoms with Crippen molar-refractivity contribution in [3.63, 3.8) is 0 Å². The summed E-state index contributed by atoms with van der Waals surface area (Å²) in [6.45, 7) is 0. The molecule has 0 aliphatic carbocycles. The Hall–Kier alpha value is -3.08. The lowest BCUT2D eigenvalue weighted by Gasteiger charge is -2.09. The predicted octanol–water partition coefficient (Wildman–Crippen LogP) is 2.53. The molecule has 5 nitrogen and oxygen atoms in total. The van der Waals surface area contributed by atoms with Gasteiger partial charge in [-0.15, -0.1) is 0 Å². The van der Waals surface area contributed by atoms with Crippen molar-refractivity contribution in [2.24, 2.45) is 0 Å². The van der Waals surface area contributed by atoms with Crippen LogP contribution >= 0.6 is 0 Å². The molecule has 2 aliphatic heterocycles. The molecule has 5 heteroatoms. The molecule has 114 valence electrons. The lowest BCUT2D eigenvalue weighted by atomic mass is 9.96. The lowest BCUT2D eigenvalue weighted by molar-refractivity contribution is -0.113. The summed E-state index contributed by atoms with van der Waals surface area (Å²) in [5.74, 6) is 0.213. The molecule has 0 unspecified atom stereocenters. The molecular weight excluding hydrogens is 292 g/mol. The molecule has 2 aromatic carbocycles. The number of para-hydroxylation sites is 1. The van der Waals surface area contributed by atoms with Crippen molar-refractivity contribution in [1.29, 1.82) is 0 Å². The summed E-state index contributed by atoms with van der Waals surface area (Å²) in [4.78, 5) is 26.8. The number of carbonyl (C=O) groups excluding carboxylic acids is 2. The van der Waals surface area contributed by atoms with Crippen LogP contribution in [0.2, 0.25) is 0 Å². The van der Waals surface area contributed by atoms with Crippen molar-refractivity contribution in [2.45, 2.75) is 0 Å². The first-order valence-electron chi connectivity index (χ1n) is 7.23. The molecule has 0 atom stereocenters. The van der Waals surface area contributed by atoms with Crippen LogP contribution in [-0.4, -0.2) is 26.0 Å². The first-order chi connectivity index (χ1) is 11.1. The SMILES string of the molecule is COc1ccc2c(c1)/C(=C1\C(=O)Nc3ccccc31)C(=O)N2C. The number of methoxy groups -OCH3 is 1. The maximum atomic E-state index is 12.8. The van der Waals surface area contributed by atoms with Gasteiger partial charge in [0.1, 0.15) is 5.75 Å². The summed E-state index contributed by atoms with van der Waals surface area (Å²) in [6, 6.07) is 12.8. The van der Waals surface area contributed by atoms with E-state index in [1.807, 2.05) is 30.3 Å². The highest BCUT2D eigenvalue weighted by atomic mass is 16.5. The number of ether oxygens (including phenoxy) is 1. The molecule has 0 aromatic heterocycles. The molecule has 2 amide bonds. The van der Waals surface area contributed by atoms with Crippen LogP contribution in [-0.2, 0) is 9.59 Å². The van der Waals surface area contributed by atoms with E-state index in [2.05, 4.69) is 5.32 Å². The Labute approximate surface area is 133 Å². The maximum absolute atomic E-state index is 12.8. The first kappa shape index (κ1) is 13.6. The fraction of sp³-hybridized carbons (Fsp3) is 0.111. The number of rotatable bonds is 1. The minimum absolute atomic E-state index is 0.185. The number of likely N-dealkylation sites (N-methyl/N-ethyl adjacent to an activating group) is 1. The normalized spacial score (nSPS) is 18.8. The van der Waals surface area contributed by atoms with E-state index in [-0.39, 0.29) is 11.8 Å². The molecular formula is C18H14N2O3. The molecule has 0 spiro atoms. The fourth-order valence-electron chi connectivity index (χ4n) is 3.13. The van der Waals surface area contributed by atoms with Crippen LogP contribution in [0.4, 0.5) is 11.4 Å². The molecule has 2 heterocycles. The lowest BCUT2D eigenvalue weighted by Crippen LogP contribution is -2.21. The average Bonchev–Trinajstić information content (AvgIpc) is 3.01. The molecule has 0 fully saturated rings. The second-order valence-corrected chi connectivity index (χ2v) is 5.50. The Kier molecular flexibility index (Phi) is 2.78. The van der Waals surface area contributed by atoms with Gasteiger partial charge in [0.15, 0.2) is 0 Å².